The number of nitrogens with one attached hydrogen (secondary N) is 1. The van der Waals surface area contributed by atoms with Crippen LogP contribution in [0.25, 0.3) is 0 Å². The number of hydrogen-bond acceptors (Lipinski definition) is 6. The standard InChI is InChI=1S/C18H28N6O3/c1-5-24(18(25)26)17-20-16(23(4)21-17)19-10-7-11-27-15-9-6-8-14(12-15)13-22(2)3/h6,8-9,12H,5,7,10-11,13H2,1-4H3,(H,25,26)(H,19,20,21). The van der Waals surface area contributed by atoms with E-state index in [9.17, 15) is 4.79 Å². The molecule has 2 aromatic rings. The van der Waals surface area contributed by atoms with Crippen molar-refractivity contribution in [2.45, 2.75) is 19.9 Å². The van der Waals surface area contributed by atoms with Crippen molar-refractivity contribution >= 4 is 18.0 Å². The molecule has 2 N–H and O–H groups in total. The lowest BCUT2D eigenvalue weighted by Crippen LogP contribution is -2.29. The monoisotopic (exact) mass is 376 g/mol. The minimum Gasteiger partial charge on any atom is -0.494 e. The van der Waals surface area contributed by atoms with Crippen LogP contribution in [0.15, 0.2) is 24.3 Å². The van der Waals surface area contributed by atoms with E-state index in [0.29, 0.717) is 25.6 Å². The minimum atomic E-state index is -1.07. The molecule has 0 saturated carbocycles. The van der Waals surface area contributed by atoms with Crippen molar-refractivity contribution in [1.29, 1.82) is 0 Å². The number of aryl methyl sites for hydroxylation is 1. The van der Waals surface area contributed by atoms with Crippen molar-refractivity contribution in [3.05, 3.63) is 29.8 Å². The van der Waals surface area contributed by atoms with Gasteiger partial charge in [-0.05, 0) is 45.1 Å². The number of benzene rings is 1. The molecule has 2 rings (SSSR count). The van der Waals surface area contributed by atoms with Gasteiger partial charge in [0.25, 0.3) is 5.95 Å². The van der Waals surface area contributed by atoms with Crippen LogP contribution in [0.5, 0.6) is 5.75 Å². The molecule has 0 spiro atoms. The fraction of sp³-hybridized carbons (Fsp3) is 0.500. The molecule has 0 aliphatic rings. The van der Waals surface area contributed by atoms with E-state index in [0.717, 1.165) is 23.6 Å². The topological polar surface area (TPSA) is 95.8 Å². The number of amides is 1. The van der Waals surface area contributed by atoms with Crippen LogP contribution in [0.3, 0.4) is 0 Å². The van der Waals surface area contributed by atoms with Gasteiger partial charge in [0.2, 0.25) is 5.95 Å². The third-order valence-corrected chi connectivity index (χ3v) is 3.81. The van der Waals surface area contributed by atoms with Gasteiger partial charge in [0.05, 0.1) is 6.61 Å². The van der Waals surface area contributed by atoms with Crippen molar-refractivity contribution in [2.24, 2.45) is 7.05 Å². The molecule has 0 unspecified atom stereocenters. The summed E-state index contributed by atoms with van der Waals surface area (Å²) < 4.78 is 7.34. The number of rotatable bonds is 10. The van der Waals surface area contributed by atoms with E-state index in [4.69, 9.17) is 9.84 Å². The molecular weight excluding hydrogens is 348 g/mol. The zero-order chi connectivity index (χ0) is 19.8. The number of aromatic nitrogens is 3. The fourth-order valence-electron chi connectivity index (χ4n) is 2.56. The maximum absolute atomic E-state index is 11.2. The zero-order valence-corrected chi connectivity index (χ0v) is 16.3. The summed E-state index contributed by atoms with van der Waals surface area (Å²) in [6.45, 7) is 4.11. The lowest BCUT2D eigenvalue weighted by Gasteiger charge is -2.12. The van der Waals surface area contributed by atoms with Crippen LogP contribution < -0.4 is 15.0 Å². The van der Waals surface area contributed by atoms with Gasteiger partial charge in [-0.3, -0.25) is 0 Å². The first kappa shape index (κ1) is 20.5. The molecule has 0 radical (unpaired) electrons. The van der Waals surface area contributed by atoms with E-state index < -0.39 is 6.09 Å². The van der Waals surface area contributed by atoms with Crippen LogP contribution in [-0.2, 0) is 13.6 Å². The Hall–Kier alpha value is -2.81. The zero-order valence-electron chi connectivity index (χ0n) is 16.3. The van der Waals surface area contributed by atoms with Crippen molar-refractivity contribution in [1.82, 2.24) is 19.7 Å². The largest absolute Gasteiger partial charge is 0.494 e. The molecule has 0 atom stereocenters. The van der Waals surface area contributed by atoms with Crippen LogP contribution >= 0.6 is 0 Å². The second kappa shape index (κ2) is 9.77. The smallest absolute Gasteiger partial charge is 0.414 e. The maximum Gasteiger partial charge on any atom is 0.414 e. The van der Waals surface area contributed by atoms with Gasteiger partial charge < -0.3 is 20.1 Å². The van der Waals surface area contributed by atoms with Crippen molar-refractivity contribution in [3.63, 3.8) is 0 Å². The summed E-state index contributed by atoms with van der Waals surface area (Å²) in [6.07, 6.45) is -0.296. The molecule has 1 aromatic carbocycles. The number of carbonyl (C=O) groups is 1. The number of ether oxygens (including phenoxy) is 1. The normalized spacial score (nSPS) is 10.9. The van der Waals surface area contributed by atoms with Gasteiger partial charge in [0.15, 0.2) is 0 Å². The van der Waals surface area contributed by atoms with E-state index >= 15 is 0 Å². The highest BCUT2D eigenvalue weighted by Crippen LogP contribution is 2.15. The first-order valence-electron chi connectivity index (χ1n) is 8.92. The van der Waals surface area contributed by atoms with Crippen LogP contribution in [0.1, 0.15) is 18.9 Å². The molecule has 0 fully saturated rings. The Morgan fingerprint density at radius 1 is 1.37 bits per heavy atom. The first-order valence-corrected chi connectivity index (χ1v) is 8.92. The summed E-state index contributed by atoms with van der Waals surface area (Å²) in [5, 5.41) is 16.4. The molecule has 1 heterocycles. The average Bonchev–Trinajstić information content (AvgIpc) is 2.95. The Labute approximate surface area is 159 Å². The number of carboxylic acid groups (broad SMARTS) is 1. The van der Waals surface area contributed by atoms with Crippen LogP contribution in [0.4, 0.5) is 16.7 Å². The van der Waals surface area contributed by atoms with Crippen molar-refractivity contribution in [2.75, 3.05) is 44.0 Å². The second-order valence-electron chi connectivity index (χ2n) is 6.40. The van der Waals surface area contributed by atoms with Gasteiger partial charge in [-0.15, -0.1) is 5.10 Å². The van der Waals surface area contributed by atoms with Crippen LogP contribution in [0, 0.1) is 0 Å². The summed E-state index contributed by atoms with van der Waals surface area (Å²) in [7, 11) is 5.79. The Kier molecular flexibility index (Phi) is 7.42. The van der Waals surface area contributed by atoms with Crippen LogP contribution in [-0.4, -0.2) is 64.7 Å². The lowest BCUT2D eigenvalue weighted by molar-refractivity contribution is 0.201. The first-order chi connectivity index (χ1) is 12.9. The molecule has 0 saturated heterocycles. The molecule has 0 bridgehead atoms. The number of nitrogens with zero attached hydrogens (tertiary/aromatic N) is 5. The summed E-state index contributed by atoms with van der Waals surface area (Å²) in [5.41, 5.74) is 1.21. The summed E-state index contributed by atoms with van der Waals surface area (Å²) >= 11 is 0. The van der Waals surface area contributed by atoms with E-state index in [1.807, 2.05) is 32.3 Å². The predicted octanol–water partition coefficient (Wildman–Crippen LogP) is 2.26. The maximum atomic E-state index is 11.2. The van der Waals surface area contributed by atoms with Gasteiger partial charge in [0.1, 0.15) is 5.75 Å². The number of anilines is 2. The minimum absolute atomic E-state index is 0.170. The van der Waals surface area contributed by atoms with Crippen LogP contribution in [0.2, 0.25) is 0 Å². The molecule has 0 aliphatic heterocycles. The lowest BCUT2D eigenvalue weighted by atomic mass is 10.2. The molecule has 1 aromatic heterocycles. The van der Waals surface area contributed by atoms with Gasteiger partial charge >= 0.3 is 6.09 Å². The molecule has 1 amide bonds. The quantitative estimate of drug-likeness (QED) is 0.614. The van der Waals surface area contributed by atoms with Gasteiger partial charge in [-0.2, -0.15) is 4.98 Å². The van der Waals surface area contributed by atoms with E-state index in [2.05, 4.69) is 26.4 Å². The summed E-state index contributed by atoms with van der Waals surface area (Å²) in [4.78, 5) is 18.6. The fourth-order valence-corrected chi connectivity index (χ4v) is 2.56. The van der Waals surface area contributed by atoms with Crippen molar-refractivity contribution in [3.8, 4) is 5.75 Å². The second-order valence-corrected chi connectivity index (χ2v) is 6.40. The molecular formula is C18H28N6O3. The molecule has 148 valence electrons. The van der Waals surface area contributed by atoms with E-state index in [1.165, 1.54) is 10.2 Å². The van der Waals surface area contributed by atoms with E-state index in [1.54, 1.807) is 14.0 Å². The molecule has 0 aliphatic carbocycles. The highest BCUT2D eigenvalue weighted by molar-refractivity contribution is 5.83. The highest BCUT2D eigenvalue weighted by Gasteiger charge is 2.18. The SMILES string of the molecule is CCN(C(=O)O)c1nc(NCCCOc2cccc(CN(C)C)c2)n(C)n1. The third-order valence-electron chi connectivity index (χ3n) is 3.81. The Morgan fingerprint density at radius 2 is 2.15 bits per heavy atom. The Bertz CT molecular complexity index is 746. The van der Waals surface area contributed by atoms with Gasteiger partial charge in [-0.25, -0.2) is 14.4 Å². The molecule has 27 heavy (non-hydrogen) atoms. The summed E-state index contributed by atoms with van der Waals surface area (Å²) in [6, 6.07) is 8.08. The predicted molar refractivity (Wildman–Crippen MR) is 104 cm³/mol. The molecule has 9 heteroatoms. The average molecular weight is 376 g/mol. The third kappa shape index (κ3) is 6.14. The Balaban J connectivity index is 1.79. The summed E-state index contributed by atoms with van der Waals surface area (Å²) in [5.74, 6) is 1.55. The highest BCUT2D eigenvalue weighted by atomic mass is 16.5. The Morgan fingerprint density at radius 3 is 2.81 bits per heavy atom. The van der Waals surface area contributed by atoms with E-state index in [-0.39, 0.29) is 5.95 Å². The number of hydrogen-bond donors (Lipinski definition) is 2. The van der Waals surface area contributed by atoms with Gasteiger partial charge in [-0.1, -0.05) is 12.1 Å². The van der Waals surface area contributed by atoms with Gasteiger partial charge in [0, 0.05) is 26.7 Å². The molecule has 9 nitrogen and oxygen atoms in total. The van der Waals surface area contributed by atoms with Crippen molar-refractivity contribution < 1.29 is 14.6 Å².